The maximum absolute atomic E-state index is 13.5. The van der Waals surface area contributed by atoms with Gasteiger partial charge in [0.05, 0.1) is 31.1 Å². The number of anilines is 1. The third-order valence-corrected chi connectivity index (χ3v) is 4.26. The normalized spacial score (nSPS) is 15.5. The summed E-state index contributed by atoms with van der Waals surface area (Å²) in [6.07, 6.45) is 1.49. The smallest absolute Gasteiger partial charge is 0.340 e. The van der Waals surface area contributed by atoms with Gasteiger partial charge in [-0.2, -0.15) is 0 Å². The number of halogens is 1. The third-order valence-electron chi connectivity index (χ3n) is 4.26. The topological polar surface area (TPSA) is 55.8 Å². The van der Waals surface area contributed by atoms with Gasteiger partial charge < -0.3 is 9.47 Å². The first-order valence-corrected chi connectivity index (χ1v) is 8.21. The number of methoxy groups -OCH3 is 2. The van der Waals surface area contributed by atoms with E-state index in [1.54, 1.807) is 37.3 Å². The third kappa shape index (κ3) is 3.46. The van der Waals surface area contributed by atoms with Crippen molar-refractivity contribution in [3.63, 3.8) is 0 Å². The number of rotatable bonds is 4. The highest BCUT2D eigenvalue weighted by Gasteiger charge is 2.38. The largest absolute Gasteiger partial charge is 0.497 e. The van der Waals surface area contributed by atoms with Crippen LogP contribution < -0.4 is 9.64 Å². The average Bonchev–Trinajstić information content (AvgIpc) is 2.91. The SMILES string of the molecule is COC(=O)C1=C(C)N(c2cccc(OC)c2)C(=O)C1=Cc1cccc(F)c1. The summed E-state index contributed by atoms with van der Waals surface area (Å²) in [7, 11) is 2.78. The first kappa shape index (κ1) is 18.4. The van der Waals surface area contributed by atoms with Crippen molar-refractivity contribution in [3.05, 3.63) is 76.8 Å². The molecule has 6 heteroatoms. The Morgan fingerprint density at radius 3 is 2.52 bits per heavy atom. The van der Waals surface area contributed by atoms with E-state index in [-0.39, 0.29) is 11.1 Å². The molecule has 0 unspecified atom stereocenters. The Morgan fingerprint density at radius 2 is 1.85 bits per heavy atom. The van der Waals surface area contributed by atoms with Crippen LogP contribution in [0, 0.1) is 5.82 Å². The van der Waals surface area contributed by atoms with E-state index in [4.69, 9.17) is 9.47 Å². The molecule has 1 amide bonds. The van der Waals surface area contributed by atoms with E-state index in [0.717, 1.165) is 0 Å². The summed E-state index contributed by atoms with van der Waals surface area (Å²) in [4.78, 5) is 26.9. The van der Waals surface area contributed by atoms with Crippen LogP contribution in [0.3, 0.4) is 0 Å². The summed E-state index contributed by atoms with van der Waals surface area (Å²) in [5.41, 5.74) is 1.76. The quantitative estimate of drug-likeness (QED) is 0.611. The lowest BCUT2D eigenvalue weighted by atomic mass is 10.0. The molecule has 5 nitrogen and oxygen atoms in total. The van der Waals surface area contributed by atoms with Gasteiger partial charge >= 0.3 is 5.97 Å². The molecular formula is C21H18FNO4. The molecule has 0 spiro atoms. The van der Waals surface area contributed by atoms with Crippen LogP contribution in [0.25, 0.3) is 6.08 Å². The van der Waals surface area contributed by atoms with E-state index < -0.39 is 17.7 Å². The number of esters is 1. The minimum absolute atomic E-state index is 0.146. The standard InChI is InChI=1S/C21H18FNO4/c1-13-19(21(25)27-3)18(11-14-6-4-7-15(22)10-14)20(24)23(13)16-8-5-9-17(12-16)26-2/h4-12H,1-3H3. The van der Waals surface area contributed by atoms with Gasteiger partial charge in [0.15, 0.2) is 0 Å². The molecule has 0 radical (unpaired) electrons. The van der Waals surface area contributed by atoms with Gasteiger partial charge in [0.25, 0.3) is 5.91 Å². The minimum Gasteiger partial charge on any atom is -0.497 e. The molecule has 1 aliphatic heterocycles. The van der Waals surface area contributed by atoms with Gasteiger partial charge in [-0.3, -0.25) is 9.69 Å². The van der Waals surface area contributed by atoms with Crippen LogP contribution in [-0.2, 0) is 14.3 Å². The zero-order chi connectivity index (χ0) is 19.6. The molecule has 0 atom stereocenters. The Labute approximate surface area is 156 Å². The van der Waals surface area contributed by atoms with Crippen LogP contribution in [-0.4, -0.2) is 26.1 Å². The fourth-order valence-corrected chi connectivity index (χ4v) is 3.00. The first-order chi connectivity index (χ1) is 13.0. The van der Waals surface area contributed by atoms with Gasteiger partial charge in [-0.05, 0) is 42.8 Å². The Morgan fingerprint density at radius 1 is 1.11 bits per heavy atom. The Hall–Kier alpha value is -3.41. The van der Waals surface area contributed by atoms with Gasteiger partial charge in [0.2, 0.25) is 0 Å². The van der Waals surface area contributed by atoms with Crippen LogP contribution in [0.5, 0.6) is 5.75 Å². The van der Waals surface area contributed by atoms with Crippen molar-refractivity contribution in [3.8, 4) is 5.75 Å². The minimum atomic E-state index is -0.631. The number of allylic oxidation sites excluding steroid dienone is 1. The molecule has 0 N–H and O–H groups in total. The molecule has 27 heavy (non-hydrogen) atoms. The van der Waals surface area contributed by atoms with Crippen molar-refractivity contribution in [1.82, 2.24) is 0 Å². The van der Waals surface area contributed by atoms with Gasteiger partial charge in [-0.1, -0.05) is 18.2 Å². The fourth-order valence-electron chi connectivity index (χ4n) is 3.00. The van der Waals surface area contributed by atoms with Crippen LogP contribution in [0.2, 0.25) is 0 Å². The van der Waals surface area contributed by atoms with E-state index in [1.807, 2.05) is 0 Å². The summed E-state index contributed by atoms with van der Waals surface area (Å²) in [6.45, 7) is 1.66. The van der Waals surface area contributed by atoms with E-state index >= 15 is 0 Å². The van der Waals surface area contributed by atoms with Crippen LogP contribution >= 0.6 is 0 Å². The van der Waals surface area contributed by atoms with Crippen LogP contribution in [0.1, 0.15) is 12.5 Å². The van der Waals surface area contributed by atoms with Gasteiger partial charge in [0, 0.05) is 11.8 Å². The number of ether oxygens (including phenoxy) is 2. The zero-order valence-corrected chi connectivity index (χ0v) is 15.2. The fraction of sp³-hybridized carbons (Fsp3) is 0.143. The summed E-state index contributed by atoms with van der Waals surface area (Å²) in [6, 6.07) is 12.7. The van der Waals surface area contributed by atoms with Gasteiger partial charge in [0.1, 0.15) is 11.6 Å². The number of carbonyl (C=O) groups is 2. The zero-order valence-electron chi connectivity index (χ0n) is 15.2. The molecule has 0 saturated heterocycles. The molecular weight excluding hydrogens is 349 g/mol. The van der Waals surface area contributed by atoms with Gasteiger partial charge in [-0.25, -0.2) is 9.18 Å². The highest BCUT2D eigenvalue weighted by Crippen LogP contribution is 2.36. The van der Waals surface area contributed by atoms with Crippen molar-refractivity contribution in [2.24, 2.45) is 0 Å². The number of carbonyl (C=O) groups excluding carboxylic acids is 2. The molecule has 2 aromatic rings. The van der Waals surface area contributed by atoms with E-state index in [1.165, 1.54) is 43.4 Å². The summed E-state index contributed by atoms with van der Waals surface area (Å²) in [5, 5.41) is 0. The summed E-state index contributed by atoms with van der Waals surface area (Å²) < 4.78 is 23.6. The molecule has 2 aromatic carbocycles. The lowest BCUT2D eigenvalue weighted by Crippen LogP contribution is -2.24. The molecule has 0 bridgehead atoms. The number of hydrogen-bond acceptors (Lipinski definition) is 4. The highest BCUT2D eigenvalue weighted by atomic mass is 19.1. The van der Waals surface area contributed by atoms with Crippen LogP contribution in [0.15, 0.2) is 65.4 Å². The van der Waals surface area contributed by atoms with Crippen molar-refractivity contribution < 1.29 is 23.5 Å². The van der Waals surface area contributed by atoms with Crippen molar-refractivity contribution in [2.45, 2.75) is 6.92 Å². The van der Waals surface area contributed by atoms with Gasteiger partial charge in [-0.15, -0.1) is 0 Å². The van der Waals surface area contributed by atoms with Crippen molar-refractivity contribution in [2.75, 3.05) is 19.1 Å². The molecule has 1 aliphatic rings. The average molecular weight is 367 g/mol. The second kappa shape index (κ2) is 7.45. The molecule has 0 fully saturated rings. The van der Waals surface area contributed by atoms with E-state index in [9.17, 15) is 14.0 Å². The Balaban J connectivity index is 2.14. The lowest BCUT2D eigenvalue weighted by molar-refractivity contribution is -0.136. The molecule has 3 rings (SSSR count). The maximum atomic E-state index is 13.5. The molecule has 0 aromatic heterocycles. The lowest BCUT2D eigenvalue weighted by Gasteiger charge is -2.18. The predicted octanol–water partition coefficient (Wildman–Crippen LogP) is 3.71. The number of benzene rings is 2. The van der Waals surface area contributed by atoms with Crippen LogP contribution in [0.4, 0.5) is 10.1 Å². The van der Waals surface area contributed by atoms with Crippen molar-refractivity contribution in [1.29, 1.82) is 0 Å². The second-order valence-electron chi connectivity index (χ2n) is 5.91. The number of hydrogen-bond donors (Lipinski definition) is 0. The molecule has 1 heterocycles. The predicted molar refractivity (Wildman–Crippen MR) is 99.6 cm³/mol. The molecule has 138 valence electrons. The number of amides is 1. The van der Waals surface area contributed by atoms with Crippen molar-refractivity contribution >= 4 is 23.6 Å². The highest BCUT2D eigenvalue weighted by molar-refractivity contribution is 6.23. The maximum Gasteiger partial charge on any atom is 0.340 e. The van der Waals surface area contributed by atoms with E-state index in [0.29, 0.717) is 22.7 Å². The first-order valence-electron chi connectivity index (χ1n) is 8.21. The Bertz CT molecular complexity index is 978. The monoisotopic (exact) mass is 367 g/mol. The Kier molecular flexibility index (Phi) is 5.07. The molecule has 0 aliphatic carbocycles. The second-order valence-corrected chi connectivity index (χ2v) is 5.91. The molecule has 0 saturated carbocycles. The summed E-state index contributed by atoms with van der Waals surface area (Å²) in [5.74, 6) is -0.880. The number of nitrogens with zero attached hydrogens (tertiary/aromatic N) is 1. The van der Waals surface area contributed by atoms with E-state index in [2.05, 4.69) is 0 Å². The summed E-state index contributed by atoms with van der Waals surface area (Å²) >= 11 is 0.